The SMILES string of the molecule is COC(=O)CCS(=O)(=O)Cc1ccc(C#N)c(OC)c1. The number of ether oxygens (including phenoxy) is 2. The third-order valence-corrected chi connectivity index (χ3v) is 4.22. The molecule has 108 valence electrons. The van der Waals surface area contributed by atoms with Crippen molar-refractivity contribution in [2.75, 3.05) is 20.0 Å². The number of methoxy groups -OCH3 is 2. The Labute approximate surface area is 117 Å². The van der Waals surface area contributed by atoms with Crippen LogP contribution >= 0.6 is 0 Å². The van der Waals surface area contributed by atoms with Gasteiger partial charge in [-0.05, 0) is 17.7 Å². The van der Waals surface area contributed by atoms with E-state index in [9.17, 15) is 13.2 Å². The van der Waals surface area contributed by atoms with Crippen LogP contribution in [0.25, 0.3) is 0 Å². The molecule has 1 aromatic rings. The van der Waals surface area contributed by atoms with Crippen LogP contribution in [0.5, 0.6) is 5.75 Å². The zero-order valence-corrected chi connectivity index (χ0v) is 12.1. The molecule has 7 heteroatoms. The first-order valence-electron chi connectivity index (χ1n) is 5.76. The standard InChI is InChI=1S/C13H15NO5S/c1-18-12-7-10(3-4-11(12)8-14)9-20(16,17)6-5-13(15)19-2/h3-4,7H,5-6,9H2,1-2H3. The van der Waals surface area contributed by atoms with E-state index < -0.39 is 15.8 Å². The van der Waals surface area contributed by atoms with E-state index in [4.69, 9.17) is 10.00 Å². The molecule has 0 aliphatic carbocycles. The molecule has 0 fully saturated rings. The number of hydrogen-bond acceptors (Lipinski definition) is 6. The van der Waals surface area contributed by atoms with Gasteiger partial charge in [0.2, 0.25) is 0 Å². The maximum absolute atomic E-state index is 11.9. The van der Waals surface area contributed by atoms with Crippen molar-refractivity contribution in [3.63, 3.8) is 0 Å². The summed E-state index contributed by atoms with van der Waals surface area (Å²) in [5.41, 5.74) is 0.842. The van der Waals surface area contributed by atoms with Crippen LogP contribution in [0.15, 0.2) is 18.2 Å². The molecular weight excluding hydrogens is 282 g/mol. The lowest BCUT2D eigenvalue weighted by Gasteiger charge is -2.07. The molecule has 0 heterocycles. The number of carbonyl (C=O) groups is 1. The minimum absolute atomic E-state index is 0.174. The van der Waals surface area contributed by atoms with Gasteiger partial charge in [0.15, 0.2) is 9.84 Å². The van der Waals surface area contributed by atoms with Crippen molar-refractivity contribution in [1.29, 1.82) is 5.26 Å². The van der Waals surface area contributed by atoms with E-state index in [1.54, 1.807) is 6.07 Å². The fraction of sp³-hybridized carbons (Fsp3) is 0.385. The van der Waals surface area contributed by atoms with E-state index in [2.05, 4.69) is 4.74 Å². The Morgan fingerprint density at radius 1 is 1.35 bits per heavy atom. The summed E-state index contributed by atoms with van der Waals surface area (Å²) in [7, 11) is -0.806. The Morgan fingerprint density at radius 2 is 2.05 bits per heavy atom. The van der Waals surface area contributed by atoms with Gasteiger partial charge in [-0.25, -0.2) is 8.42 Å². The average Bonchev–Trinajstić information content (AvgIpc) is 2.44. The number of esters is 1. The van der Waals surface area contributed by atoms with E-state index in [-0.39, 0.29) is 17.9 Å². The molecule has 0 aliphatic heterocycles. The van der Waals surface area contributed by atoms with Crippen LogP contribution < -0.4 is 4.74 Å². The normalized spacial score (nSPS) is 10.7. The zero-order valence-electron chi connectivity index (χ0n) is 11.3. The summed E-state index contributed by atoms with van der Waals surface area (Å²) in [5, 5.41) is 8.85. The molecule has 0 saturated heterocycles. The molecule has 0 radical (unpaired) electrons. The molecule has 20 heavy (non-hydrogen) atoms. The number of hydrogen-bond donors (Lipinski definition) is 0. The minimum atomic E-state index is -3.42. The summed E-state index contributed by atoms with van der Waals surface area (Å²) in [4.78, 5) is 11.0. The highest BCUT2D eigenvalue weighted by molar-refractivity contribution is 7.90. The minimum Gasteiger partial charge on any atom is -0.495 e. The molecule has 0 spiro atoms. The van der Waals surface area contributed by atoms with Gasteiger partial charge in [-0.1, -0.05) is 6.07 Å². The van der Waals surface area contributed by atoms with Gasteiger partial charge in [0, 0.05) is 0 Å². The van der Waals surface area contributed by atoms with Gasteiger partial charge in [-0.2, -0.15) is 5.26 Å². The number of nitrogens with zero attached hydrogens (tertiary/aromatic N) is 1. The highest BCUT2D eigenvalue weighted by Crippen LogP contribution is 2.20. The number of rotatable bonds is 6. The van der Waals surface area contributed by atoms with Crippen LogP contribution in [-0.2, 0) is 25.1 Å². The Hall–Kier alpha value is -2.07. The van der Waals surface area contributed by atoms with Crippen molar-refractivity contribution in [3.8, 4) is 11.8 Å². The average molecular weight is 297 g/mol. The van der Waals surface area contributed by atoms with E-state index in [1.165, 1.54) is 26.4 Å². The van der Waals surface area contributed by atoms with E-state index in [1.807, 2.05) is 6.07 Å². The molecule has 0 saturated carbocycles. The third-order valence-electron chi connectivity index (χ3n) is 2.62. The molecular formula is C13H15NO5S. The van der Waals surface area contributed by atoms with Crippen molar-refractivity contribution in [2.45, 2.75) is 12.2 Å². The van der Waals surface area contributed by atoms with Crippen LogP contribution in [0.4, 0.5) is 0 Å². The molecule has 0 unspecified atom stereocenters. The Bertz CT molecular complexity index is 631. The molecule has 0 atom stereocenters. The predicted molar refractivity (Wildman–Crippen MR) is 71.8 cm³/mol. The lowest BCUT2D eigenvalue weighted by atomic mass is 10.1. The number of carbonyl (C=O) groups excluding carboxylic acids is 1. The first-order valence-corrected chi connectivity index (χ1v) is 7.58. The lowest BCUT2D eigenvalue weighted by Crippen LogP contribution is -2.14. The highest BCUT2D eigenvalue weighted by Gasteiger charge is 2.16. The first-order chi connectivity index (χ1) is 9.41. The Balaban J connectivity index is 2.82. The number of benzene rings is 1. The maximum Gasteiger partial charge on any atom is 0.306 e. The van der Waals surface area contributed by atoms with Crippen molar-refractivity contribution >= 4 is 15.8 Å². The summed E-state index contributed by atoms with van der Waals surface area (Å²) in [6, 6.07) is 6.51. The Kier molecular flexibility index (Phi) is 5.53. The lowest BCUT2D eigenvalue weighted by molar-refractivity contribution is -0.140. The second-order valence-corrected chi connectivity index (χ2v) is 6.25. The van der Waals surface area contributed by atoms with Gasteiger partial charge in [0.25, 0.3) is 0 Å². The van der Waals surface area contributed by atoms with Crippen molar-refractivity contribution in [1.82, 2.24) is 0 Å². The van der Waals surface area contributed by atoms with Gasteiger partial charge < -0.3 is 9.47 Å². The second-order valence-electron chi connectivity index (χ2n) is 4.06. The zero-order chi connectivity index (χ0) is 15.2. The summed E-state index contributed by atoms with van der Waals surface area (Å²) in [5.74, 6) is -0.729. The van der Waals surface area contributed by atoms with Crippen LogP contribution in [0.2, 0.25) is 0 Å². The van der Waals surface area contributed by atoms with Crippen LogP contribution in [0, 0.1) is 11.3 Å². The molecule has 0 N–H and O–H groups in total. The molecule has 6 nitrogen and oxygen atoms in total. The van der Waals surface area contributed by atoms with Gasteiger partial charge in [0.05, 0.1) is 37.7 Å². The molecule has 0 aromatic heterocycles. The number of nitriles is 1. The quantitative estimate of drug-likeness (QED) is 0.728. The van der Waals surface area contributed by atoms with Crippen LogP contribution in [0.3, 0.4) is 0 Å². The van der Waals surface area contributed by atoms with E-state index >= 15 is 0 Å². The Morgan fingerprint density at radius 3 is 2.60 bits per heavy atom. The first kappa shape index (κ1) is 16.0. The third kappa shape index (κ3) is 4.55. The topological polar surface area (TPSA) is 93.5 Å². The number of sulfone groups is 1. The second kappa shape index (κ2) is 6.91. The molecule has 0 bridgehead atoms. The fourth-order valence-electron chi connectivity index (χ4n) is 1.58. The largest absolute Gasteiger partial charge is 0.495 e. The molecule has 1 aromatic carbocycles. The van der Waals surface area contributed by atoms with Gasteiger partial charge in [-0.3, -0.25) is 4.79 Å². The van der Waals surface area contributed by atoms with Crippen LogP contribution in [0.1, 0.15) is 17.5 Å². The smallest absolute Gasteiger partial charge is 0.306 e. The van der Waals surface area contributed by atoms with Crippen LogP contribution in [-0.4, -0.2) is 34.4 Å². The molecule has 1 rings (SSSR count). The van der Waals surface area contributed by atoms with Gasteiger partial charge in [-0.15, -0.1) is 0 Å². The monoisotopic (exact) mass is 297 g/mol. The van der Waals surface area contributed by atoms with Crippen molar-refractivity contribution < 1.29 is 22.7 Å². The summed E-state index contributed by atoms with van der Waals surface area (Å²) in [6.07, 6.45) is -0.174. The summed E-state index contributed by atoms with van der Waals surface area (Å²) in [6.45, 7) is 0. The van der Waals surface area contributed by atoms with Gasteiger partial charge >= 0.3 is 5.97 Å². The highest BCUT2D eigenvalue weighted by atomic mass is 32.2. The fourth-order valence-corrected chi connectivity index (χ4v) is 2.89. The summed E-state index contributed by atoms with van der Waals surface area (Å²) < 4.78 is 33.1. The van der Waals surface area contributed by atoms with Crippen molar-refractivity contribution in [2.24, 2.45) is 0 Å². The predicted octanol–water partition coefficient (Wildman–Crippen LogP) is 1.04. The maximum atomic E-state index is 11.9. The molecule has 0 amide bonds. The van der Waals surface area contributed by atoms with Gasteiger partial charge in [0.1, 0.15) is 11.8 Å². The molecule has 0 aliphatic rings. The van der Waals surface area contributed by atoms with E-state index in [0.717, 1.165) is 0 Å². The van der Waals surface area contributed by atoms with Crippen molar-refractivity contribution in [3.05, 3.63) is 29.3 Å². The van der Waals surface area contributed by atoms with E-state index in [0.29, 0.717) is 16.9 Å². The summed E-state index contributed by atoms with van der Waals surface area (Å²) >= 11 is 0.